The van der Waals surface area contributed by atoms with Gasteiger partial charge in [-0.25, -0.2) is 0 Å². The summed E-state index contributed by atoms with van der Waals surface area (Å²) in [5.41, 5.74) is 8.34. The van der Waals surface area contributed by atoms with Crippen molar-refractivity contribution in [2.75, 3.05) is 0 Å². The van der Waals surface area contributed by atoms with E-state index in [1.165, 1.54) is 0 Å². The van der Waals surface area contributed by atoms with Crippen LogP contribution in [0.5, 0.6) is 0 Å². The number of hydrogen-bond donors (Lipinski definition) is 1. The van der Waals surface area contributed by atoms with Crippen LogP contribution in [0.2, 0.25) is 10.0 Å². The zero-order valence-electron chi connectivity index (χ0n) is 11.1. The molecule has 0 amide bonds. The summed E-state index contributed by atoms with van der Waals surface area (Å²) in [5, 5.41) is 1.35. The van der Waals surface area contributed by atoms with Crippen molar-refractivity contribution >= 4 is 23.2 Å². The number of halogens is 2. The molecule has 4 heteroatoms. The number of benzene rings is 1. The third-order valence-corrected chi connectivity index (χ3v) is 3.83. The lowest BCUT2D eigenvalue weighted by molar-refractivity contribution is 0.513. The molecular formula is C15H18Cl2N2. The molecule has 0 fully saturated rings. The Hall–Kier alpha value is -0.960. The Kier molecular flexibility index (Phi) is 4.56. The highest BCUT2D eigenvalue weighted by atomic mass is 35.5. The van der Waals surface area contributed by atoms with Gasteiger partial charge in [-0.3, -0.25) is 0 Å². The molecule has 19 heavy (non-hydrogen) atoms. The maximum atomic E-state index is 6.18. The fraction of sp³-hybridized carbons (Fsp3) is 0.333. The number of nitrogens with two attached hydrogens (primary N) is 1. The maximum Gasteiger partial charge on any atom is 0.0485 e. The summed E-state index contributed by atoms with van der Waals surface area (Å²) in [6, 6.07) is 7.71. The van der Waals surface area contributed by atoms with Crippen molar-refractivity contribution in [3.8, 4) is 0 Å². The lowest BCUT2D eigenvalue weighted by atomic mass is 10.00. The normalized spacial score (nSPS) is 12.9. The average molecular weight is 297 g/mol. The van der Waals surface area contributed by atoms with Crippen molar-refractivity contribution in [2.24, 2.45) is 11.7 Å². The van der Waals surface area contributed by atoms with Crippen molar-refractivity contribution in [3.05, 3.63) is 57.8 Å². The van der Waals surface area contributed by atoms with Crippen molar-refractivity contribution in [1.82, 2.24) is 4.57 Å². The smallest absolute Gasteiger partial charge is 0.0485 e. The monoisotopic (exact) mass is 296 g/mol. The quantitative estimate of drug-likeness (QED) is 0.885. The van der Waals surface area contributed by atoms with Crippen molar-refractivity contribution < 1.29 is 0 Å². The topological polar surface area (TPSA) is 30.9 Å². The van der Waals surface area contributed by atoms with Crippen LogP contribution in [-0.4, -0.2) is 4.57 Å². The van der Waals surface area contributed by atoms with E-state index in [0.717, 1.165) is 17.7 Å². The molecule has 2 aromatic rings. The first kappa shape index (κ1) is 14.4. The molecule has 1 aromatic carbocycles. The summed E-state index contributed by atoms with van der Waals surface area (Å²) < 4.78 is 2.09. The first-order valence-corrected chi connectivity index (χ1v) is 7.08. The van der Waals surface area contributed by atoms with E-state index in [0.29, 0.717) is 16.0 Å². The van der Waals surface area contributed by atoms with Gasteiger partial charge in [0.05, 0.1) is 0 Å². The molecule has 0 spiro atoms. The van der Waals surface area contributed by atoms with Gasteiger partial charge in [-0.15, -0.1) is 0 Å². The Morgan fingerprint density at radius 1 is 1.21 bits per heavy atom. The summed E-state index contributed by atoms with van der Waals surface area (Å²) in [6.07, 6.45) is 4.11. The van der Waals surface area contributed by atoms with Crippen molar-refractivity contribution in [3.63, 3.8) is 0 Å². The van der Waals surface area contributed by atoms with E-state index in [-0.39, 0.29) is 6.04 Å². The van der Waals surface area contributed by atoms with Crippen molar-refractivity contribution in [2.45, 2.75) is 26.4 Å². The molecule has 0 saturated heterocycles. The predicted octanol–water partition coefficient (Wildman–Crippen LogP) is 4.50. The summed E-state index contributed by atoms with van der Waals surface area (Å²) in [7, 11) is 0. The van der Waals surface area contributed by atoms with Gasteiger partial charge in [0.25, 0.3) is 0 Å². The minimum Gasteiger partial charge on any atom is -0.350 e. The van der Waals surface area contributed by atoms with Crippen LogP contribution in [0.1, 0.15) is 31.0 Å². The maximum absolute atomic E-state index is 6.18. The van der Waals surface area contributed by atoms with Crippen LogP contribution in [0, 0.1) is 5.92 Å². The zero-order valence-corrected chi connectivity index (χ0v) is 12.6. The molecule has 1 atom stereocenters. The molecule has 1 unspecified atom stereocenters. The van der Waals surface area contributed by atoms with Crippen LogP contribution in [0.4, 0.5) is 0 Å². The van der Waals surface area contributed by atoms with E-state index in [4.69, 9.17) is 28.9 Å². The van der Waals surface area contributed by atoms with Crippen LogP contribution in [0.25, 0.3) is 0 Å². The summed E-state index contributed by atoms with van der Waals surface area (Å²) >= 11 is 12.1. The molecule has 0 bridgehead atoms. The summed E-state index contributed by atoms with van der Waals surface area (Å²) in [5.74, 6) is 0.426. The van der Waals surface area contributed by atoms with Gasteiger partial charge in [0, 0.05) is 35.0 Å². The highest BCUT2D eigenvalue weighted by molar-refractivity contribution is 6.35. The van der Waals surface area contributed by atoms with E-state index in [1.54, 1.807) is 6.07 Å². The van der Waals surface area contributed by atoms with Gasteiger partial charge >= 0.3 is 0 Å². The van der Waals surface area contributed by atoms with Gasteiger partial charge in [-0.1, -0.05) is 43.1 Å². The van der Waals surface area contributed by atoms with Gasteiger partial charge in [0.1, 0.15) is 0 Å². The molecule has 0 aliphatic rings. The van der Waals surface area contributed by atoms with E-state index in [9.17, 15) is 0 Å². The second kappa shape index (κ2) is 6.00. The number of rotatable bonds is 4. The van der Waals surface area contributed by atoms with Crippen LogP contribution in [0.3, 0.4) is 0 Å². The predicted molar refractivity (Wildman–Crippen MR) is 81.8 cm³/mol. The van der Waals surface area contributed by atoms with Crippen LogP contribution < -0.4 is 5.73 Å². The number of aromatic nitrogens is 1. The molecule has 2 N–H and O–H groups in total. The first-order valence-electron chi connectivity index (χ1n) is 6.32. The minimum absolute atomic E-state index is 0.0712. The van der Waals surface area contributed by atoms with Crippen LogP contribution in [-0.2, 0) is 6.54 Å². The molecule has 0 aliphatic heterocycles. The van der Waals surface area contributed by atoms with Gasteiger partial charge in [0.15, 0.2) is 0 Å². The Balaban J connectivity index is 2.16. The lowest BCUT2D eigenvalue weighted by Crippen LogP contribution is -2.15. The standard InChI is InChI=1S/C15H18Cl2N2/c1-10(2)15(18)12-5-6-19(9-12)8-11-3-4-13(16)7-14(11)17/h3-7,9-10,15H,8,18H2,1-2H3. The fourth-order valence-corrected chi connectivity index (χ4v) is 2.45. The third kappa shape index (κ3) is 3.53. The van der Waals surface area contributed by atoms with Gasteiger partial charge in [0.2, 0.25) is 0 Å². The Morgan fingerprint density at radius 2 is 1.95 bits per heavy atom. The van der Waals surface area contributed by atoms with Crippen molar-refractivity contribution in [1.29, 1.82) is 0 Å². The molecule has 2 nitrogen and oxygen atoms in total. The number of hydrogen-bond acceptors (Lipinski definition) is 1. The third-order valence-electron chi connectivity index (χ3n) is 3.24. The molecular weight excluding hydrogens is 279 g/mol. The molecule has 2 rings (SSSR count). The first-order chi connectivity index (χ1) is 8.97. The van der Waals surface area contributed by atoms with Gasteiger partial charge < -0.3 is 10.3 Å². The van der Waals surface area contributed by atoms with Gasteiger partial charge in [-0.05, 0) is 35.2 Å². The molecule has 1 aromatic heterocycles. The average Bonchev–Trinajstić information content (AvgIpc) is 2.80. The van der Waals surface area contributed by atoms with E-state index >= 15 is 0 Å². The lowest BCUT2D eigenvalue weighted by Gasteiger charge is -2.13. The van der Waals surface area contributed by atoms with E-state index in [1.807, 2.05) is 18.3 Å². The second-order valence-electron chi connectivity index (χ2n) is 5.12. The summed E-state index contributed by atoms with van der Waals surface area (Å²) in [4.78, 5) is 0. The molecule has 102 valence electrons. The highest BCUT2D eigenvalue weighted by Crippen LogP contribution is 2.23. The highest BCUT2D eigenvalue weighted by Gasteiger charge is 2.12. The molecule has 0 saturated carbocycles. The van der Waals surface area contributed by atoms with E-state index in [2.05, 4.69) is 30.7 Å². The Bertz CT molecular complexity index is 561. The Labute approximate surface area is 124 Å². The molecule has 0 radical (unpaired) electrons. The Morgan fingerprint density at radius 3 is 2.58 bits per heavy atom. The van der Waals surface area contributed by atoms with Gasteiger partial charge in [-0.2, -0.15) is 0 Å². The van der Waals surface area contributed by atoms with E-state index < -0.39 is 0 Å². The summed E-state index contributed by atoms with van der Waals surface area (Å²) in [6.45, 7) is 4.97. The SMILES string of the molecule is CC(C)C(N)c1ccn(Cc2ccc(Cl)cc2Cl)c1. The second-order valence-corrected chi connectivity index (χ2v) is 5.97. The minimum atomic E-state index is 0.0712. The fourth-order valence-electron chi connectivity index (χ4n) is 1.99. The number of nitrogens with zero attached hydrogens (tertiary/aromatic N) is 1. The van der Waals surface area contributed by atoms with Crippen LogP contribution >= 0.6 is 23.2 Å². The molecule has 0 aliphatic carbocycles. The van der Waals surface area contributed by atoms with Crippen LogP contribution in [0.15, 0.2) is 36.7 Å². The molecule has 1 heterocycles. The largest absolute Gasteiger partial charge is 0.350 e. The zero-order chi connectivity index (χ0) is 14.0.